The molecular formula is C12H19ClSi. The summed E-state index contributed by atoms with van der Waals surface area (Å²) in [4.78, 5) is 0. The highest BCUT2D eigenvalue weighted by Crippen LogP contribution is 2.33. The van der Waals surface area contributed by atoms with Crippen LogP contribution in [0.1, 0.15) is 19.4 Å². The third-order valence-electron chi connectivity index (χ3n) is 2.42. The Hall–Kier alpha value is -0.273. The monoisotopic (exact) mass is 226 g/mol. The molecule has 0 bridgehead atoms. The van der Waals surface area contributed by atoms with E-state index in [0.717, 1.165) is 6.04 Å². The van der Waals surface area contributed by atoms with Gasteiger partial charge in [-0.05, 0) is 17.0 Å². The molecule has 14 heavy (non-hydrogen) atoms. The molecule has 0 fully saturated rings. The van der Waals surface area contributed by atoms with Crippen LogP contribution >= 0.6 is 11.1 Å². The molecule has 0 aromatic heterocycles. The van der Waals surface area contributed by atoms with Crippen molar-refractivity contribution in [3.63, 3.8) is 0 Å². The Balaban J connectivity index is 2.86. The van der Waals surface area contributed by atoms with Gasteiger partial charge in [0, 0.05) is 0 Å². The van der Waals surface area contributed by atoms with Gasteiger partial charge in [0.25, 0.3) is 0 Å². The van der Waals surface area contributed by atoms with E-state index in [0.29, 0.717) is 0 Å². The summed E-state index contributed by atoms with van der Waals surface area (Å²) in [5, 5.41) is 0. The molecule has 0 saturated heterocycles. The molecule has 1 aromatic carbocycles. The minimum atomic E-state index is -1.50. The molecule has 0 aliphatic heterocycles. The molecule has 0 unspecified atom stereocenters. The molecule has 78 valence electrons. The Labute approximate surface area is 93.0 Å². The lowest BCUT2D eigenvalue weighted by Crippen LogP contribution is -2.29. The summed E-state index contributed by atoms with van der Waals surface area (Å²) < 4.78 is 0. The van der Waals surface area contributed by atoms with Crippen LogP contribution in [0.3, 0.4) is 0 Å². The summed E-state index contributed by atoms with van der Waals surface area (Å²) in [6.45, 7) is 8.97. The SMILES string of the molecule is CC(C)(C[Si](C)(C)Cl)c1ccccc1. The molecule has 0 atom stereocenters. The van der Waals surface area contributed by atoms with Crippen molar-refractivity contribution < 1.29 is 0 Å². The maximum Gasteiger partial charge on any atom is 0.151 e. The molecule has 1 aromatic rings. The number of hydrogen-bond donors (Lipinski definition) is 0. The molecular weight excluding hydrogens is 208 g/mol. The van der Waals surface area contributed by atoms with Crippen molar-refractivity contribution in [3.8, 4) is 0 Å². The van der Waals surface area contributed by atoms with Crippen LogP contribution in [0.5, 0.6) is 0 Å². The Morgan fingerprint density at radius 2 is 1.64 bits per heavy atom. The van der Waals surface area contributed by atoms with Crippen molar-refractivity contribution in [1.29, 1.82) is 0 Å². The highest BCUT2D eigenvalue weighted by molar-refractivity contribution is 7.19. The van der Waals surface area contributed by atoms with Crippen molar-refractivity contribution in [1.82, 2.24) is 0 Å². The van der Waals surface area contributed by atoms with Gasteiger partial charge in [-0.3, -0.25) is 0 Å². The summed E-state index contributed by atoms with van der Waals surface area (Å²) >= 11 is 6.41. The summed E-state index contributed by atoms with van der Waals surface area (Å²) in [5.41, 5.74) is 1.60. The quantitative estimate of drug-likeness (QED) is 0.529. The minimum Gasteiger partial charge on any atom is -0.168 e. The van der Waals surface area contributed by atoms with E-state index in [1.54, 1.807) is 0 Å². The lowest BCUT2D eigenvalue weighted by molar-refractivity contribution is 0.582. The van der Waals surface area contributed by atoms with Gasteiger partial charge in [0.1, 0.15) is 0 Å². The van der Waals surface area contributed by atoms with E-state index in [1.165, 1.54) is 5.56 Å². The second kappa shape index (κ2) is 4.07. The molecule has 2 heteroatoms. The summed E-state index contributed by atoms with van der Waals surface area (Å²) in [6, 6.07) is 11.8. The first kappa shape index (κ1) is 11.8. The zero-order valence-electron chi connectivity index (χ0n) is 9.47. The van der Waals surface area contributed by atoms with E-state index >= 15 is 0 Å². The zero-order valence-corrected chi connectivity index (χ0v) is 11.2. The Morgan fingerprint density at radius 3 is 2.07 bits per heavy atom. The number of hydrogen-bond acceptors (Lipinski definition) is 0. The number of halogens is 1. The van der Waals surface area contributed by atoms with Gasteiger partial charge in [0.15, 0.2) is 7.38 Å². The molecule has 1 rings (SSSR count). The van der Waals surface area contributed by atoms with Crippen LogP contribution in [-0.4, -0.2) is 7.38 Å². The lowest BCUT2D eigenvalue weighted by Gasteiger charge is -2.30. The van der Waals surface area contributed by atoms with E-state index in [2.05, 4.69) is 57.3 Å². The van der Waals surface area contributed by atoms with Gasteiger partial charge in [-0.1, -0.05) is 57.3 Å². The maximum absolute atomic E-state index is 6.41. The van der Waals surface area contributed by atoms with Crippen molar-refractivity contribution in [2.24, 2.45) is 0 Å². The van der Waals surface area contributed by atoms with Crippen LogP contribution in [0.4, 0.5) is 0 Å². The molecule has 0 radical (unpaired) electrons. The second-order valence-electron chi connectivity index (χ2n) is 5.15. The normalized spacial score (nSPS) is 12.9. The average Bonchev–Trinajstić information content (AvgIpc) is 2.01. The lowest BCUT2D eigenvalue weighted by atomic mass is 9.87. The van der Waals surface area contributed by atoms with Crippen LogP contribution in [0.25, 0.3) is 0 Å². The third kappa shape index (κ3) is 3.47. The van der Waals surface area contributed by atoms with Crippen LogP contribution in [0.2, 0.25) is 19.1 Å². The zero-order chi connectivity index (χ0) is 10.8. The first-order valence-corrected chi connectivity index (χ1v) is 9.28. The van der Waals surface area contributed by atoms with Gasteiger partial charge in [0.05, 0.1) is 0 Å². The van der Waals surface area contributed by atoms with Gasteiger partial charge in [-0.2, -0.15) is 11.1 Å². The van der Waals surface area contributed by atoms with Crippen LogP contribution < -0.4 is 0 Å². The van der Waals surface area contributed by atoms with E-state index in [9.17, 15) is 0 Å². The average molecular weight is 227 g/mol. The van der Waals surface area contributed by atoms with Gasteiger partial charge in [-0.15, -0.1) is 0 Å². The Kier molecular flexibility index (Phi) is 3.43. The fourth-order valence-corrected chi connectivity index (χ4v) is 5.35. The first-order chi connectivity index (χ1) is 6.31. The second-order valence-corrected chi connectivity index (χ2v) is 12.0. The van der Waals surface area contributed by atoms with Crippen molar-refractivity contribution in [3.05, 3.63) is 35.9 Å². The van der Waals surface area contributed by atoms with Crippen molar-refractivity contribution in [2.45, 2.75) is 38.4 Å². The van der Waals surface area contributed by atoms with Crippen molar-refractivity contribution in [2.75, 3.05) is 0 Å². The van der Waals surface area contributed by atoms with Gasteiger partial charge >= 0.3 is 0 Å². The smallest absolute Gasteiger partial charge is 0.151 e. The van der Waals surface area contributed by atoms with E-state index in [1.807, 2.05) is 0 Å². The largest absolute Gasteiger partial charge is 0.168 e. The fourth-order valence-electron chi connectivity index (χ4n) is 2.04. The first-order valence-electron chi connectivity index (χ1n) is 5.06. The molecule has 0 N–H and O–H groups in total. The third-order valence-corrected chi connectivity index (χ3v) is 4.54. The van der Waals surface area contributed by atoms with Crippen LogP contribution in [-0.2, 0) is 5.41 Å². The number of benzene rings is 1. The van der Waals surface area contributed by atoms with Gasteiger partial charge in [0.2, 0.25) is 0 Å². The molecule has 0 aliphatic rings. The van der Waals surface area contributed by atoms with Gasteiger partial charge in [-0.25, -0.2) is 0 Å². The topological polar surface area (TPSA) is 0 Å². The fraction of sp³-hybridized carbons (Fsp3) is 0.500. The molecule has 0 heterocycles. The van der Waals surface area contributed by atoms with Crippen molar-refractivity contribution >= 4 is 18.5 Å². The van der Waals surface area contributed by atoms with E-state index in [4.69, 9.17) is 11.1 Å². The van der Waals surface area contributed by atoms with E-state index < -0.39 is 7.38 Å². The molecule has 0 amide bonds. The summed E-state index contributed by atoms with van der Waals surface area (Å²) in [6.07, 6.45) is 0. The summed E-state index contributed by atoms with van der Waals surface area (Å²) in [7, 11) is -1.50. The summed E-state index contributed by atoms with van der Waals surface area (Å²) in [5.74, 6) is 0. The Bertz CT molecular complexity index is 285. The van der Waals surface area contributed by atoms with E-state index in [-0.39, 0.29) is 5.41 Å². The minimum absolute atomic E-state index is 0.207. The molecule has 0 saturated carbocycles. The predicted molar refractivity (Wildman–Crippen MR) is 67.6 cm³/mol. The maximum atomic E-state index is 6.41. The standard InChI is InChI=1S/C12H19ClSi/c1-12(2,10-14(3,4)13)11-8-6-5-7-9-11/h5-9H,10H2,1-4H3. The predicted octanol–water partition coefficient (Wildman–Crippen LogP) is 4.41. The van der Waals surface area contributed by atoms with Crippen LogP contribution in [0, 0.1) is 0 Å². The highest BCUT2D eigenvalue weighted by atomic mass is 35.6. The molecule has 0 spiro atoms. The van der Waals surface area contributed by atoms with Gasteiger partial charge < -0.3 is 0 Å². The van der Waals surface area contributed by atoms with Crippen LogP contribution in [0.15, 0.2) is 30.3 Å². The highest BCUT2D eigenvalue weighted by Gasteiger charge is 2.30. The molecule has 0 aliphatic carbocycles. The Morgan fingerprint density at radius 1 is 1.14 bits per heavy atom. The number of rotatable bonds is 3. The molecule has 0 nitrogen and oxygen atoms in total.